The van der Waals surface area contributed by atoms with Crippen LogP contribution in [0, 0.1) is 0 Å². The molecule has 0 heterocycles. The minimum absolute atomic E-state index is 0.0932. The number of hydrogen-bond acceptors (Lipinski definition) is 4. The van der Waals surface area contributed by atoms with Gasteiger partial charge in [-0.25, -0.2) is 10.6 Å². The molecule has 15 heavy (non-hydrogen) atoms. The van der Waals surface area contributed by atoms with Gasteiger partial charge in [0.25, 0.3) is 0 Å². The van der Waals surface area contributed by atoms with Crippen molar-refractivity contribution >= 4 is 11.8 Å². The van der Waals surface area contributed by atoms with E-state index in [1.807, 2.05) is 19.0 Å². The zero-order valence-electron chi connectivity index (χ0n) is 9.78. The van der Waals surface area contributed by atoms with Gasteiger partial charge in [-0.2, -0.15) is 0 Å². The molecule has 6 nitrogen and oxygen atoms in total. The van der Waals surface area contributed by atoms with Crippen molar-refractivity contribution < 1.29 is 9.59 Å². The molecule has 0 aliphatic rings. The normalized spacial score (nSPS) is 12.4. The third-order valence-corrected chi connectivity index (χ3v) is 2.00. The molecule has 0 radical (unpaired) electrons. The van der Waals surface area contributed by atoms with Crippen LogP contribution in [-0.2, 0) is 4.79 Å². The molecule has 0 aliphatic heterocycles. The topological polar surface area (TPSA) is 78.7 Å². The summed E-state index contributed by atoms with van der Waals surface area (Å²) in [7, 11) is 3.79. The number of urea groups is 1. The zero-order chi connectivity index (χ0) is 12.0. The van der Waals surface area contributed by atoms with Crippen LogP contribution in [-0.4, -0.2) is 54.9 Å². The van der Waals surface area contributed by atoms with Crippen LogP contribution in [0.15, 0.2) is 0 Å². The number of rotatable bonds is 5. The first-order chi connectivity index (χ1) is 6.84. The molecule has 88 valence electrons. The molecule has 0 aromatic carbocycles. The highest BCUT2D eigenvalue weighted by Crippen LogP contribution is 1.88. The number of carbonyl (C=O) groups is 2. The Morgan fingerprint density at radius 1 is 1.33 bits per heavy atom. The van der Waals surface area contributed by atoms with Gasteiger partial charge in [-0.15, -0.1) is 0 Å². The fraction of sp³-hybridized carbons (Fsp3) is 0.778. The zero-order valence-corrected chi connectivity index (χ0v) is 9.78. The largest absolute Gasteiger partial charge is 0.332 e. The van der Waals surface area contributed by atoms with Crippen molar-refractivity contribution in [2.75, 3.05) is 27.2 Å². The number of ketones is 1. The predicted molar refractivity (Wildman–Crippen MR) is 58.1 cm³/mol. The van der Waals surface area contributed by atoms with Gasteiger partial charge in [0.05, 0.1) is 12.6 Å². The molecular weight excluding hydrogens is 196 g/mol. The second-order valence-electron chi connectivity index (χ2n) is 3.78. The van der Waals surface area contributed by atoms with E-state index in [0.29, 0.717) is 13.1 Å². The van der Waals surface area contributed by atoms with Gasteiger partial charge in [0.2, 0.25) is 0 Å². The molecule has 1 atom stereocenters. The Morgan fingerprint density at radius 2 is 1.87 bits per heavy atom. The molecule has 3 N–H and O–H groups in total. The van der Waals surface area contributed by atoms with Gasteiger partial charge >= 0.3 is 6.03 Å². The maximum Gasteiger partial charge on any atom is 0.332 e. The molecule has 0 aromatic heterocycles. The Kier molecular flexibility index (Phi) is 5.88. The monoisotopic (exact) mass is 216 g/mol. The first-order valence-corrected chi connectivity index (χ1v) is 4.82. The van der Waals surface area contributed by atoms with E-state index in [0.717, 1.165) is 5.01 Å². The minimum atomic E-state index is -0.497. The Morgan fingerprint density at radius 3 is 2.27 bits per heavy atom. The summed E-state index contributed by atoms with van der Waals surface area (Å²) < 4.78 is 0. The fourth-order valence-corrected chi connectivity index (χ4v) is 0.779. The van der Waals surface area contributed by atoms with Crippen LogP contribution in [0.5, 0.6) is 0 Å². The van der Waals surface area contributed by atoms with Gasteiger partial charge in [0, 0.05) is 6.54 Å². The molecule has 6 heteroatoms. The number of carbonyl (C=O) groups excluding carboxylic acids is 2. The number of likely N-dealkylation sites (N-methyl/N-ethyl adjacent to an activating group) is 1. The van der Waals surface area contributed by atoms with Crippen molar-refractivity contribution in [3.8, 4) is 0 Å². The summed E-state index contributed by atoms with van der Waals surface area (Å²) in [6, 6.07) is -0.928. The predicted octanol–water partition coefficient (Wildman–Crippen LogP) is -0.589. The average Bonchev–Trinajstić information content (AvgIpc) is 2.13. The van der Waals surface area contributed by atoms with Gasteiger partial charge in [0.1, 0.15) is 0 Å². The SMILES string of the molecule is CC(=O)[C@H](C)NC(=O)N(N)CCN(C)C. The summed E-state index contributed by atoms with van der Waals surface area (Å²) in [5.74, 6) is 5.40. The van der Waals surface area contributed by atoms with Crippen LogP contribution in [0.25, 0.3) is 0 Å². The second kappa shape index (κ2) is 6.36. The maximum atomic E-state index is 11.4. The Labute approximate surface area is 90.4 Å². The third kappa shape index (κ3) is 6.03. The summed E-state index contributed by atoms with van der Waals surface area (Å²) in [5.41, 5.74) is 0. The maximum absolute atomic E-state index is 11.4. The van der Waals surface area contributed by atoms with E-state index in [1.54, 1.807) is 6.92 Å². The van der Waals surface area contributed by atoms with Gasteiger partial charge in [-0.05, 0) is 27.9 Å². The van der Waals surface area contributed by atoms with Crippen LogP contribution in [0.3, 0.4) is 0 Å². The lowest BCUT2D eigenvalue weighted by atomic mass is 10.2. The number of nitrogens with two attached hydrogens (primary N) is 1. The van der Waals surface area contributed by atoms with Crippen LogP contribution in [0.2, 0.25) is 0 Å². The van der Waals surface area contributed by atoms with Crippen molar-refractivity contribution in [1.29, 1.82) is 0 Å². The van der Waals surface area contributed by atoms with Gasteiger partial charge in [-0.3, -0.25) is 9.80 Å². The number of hydrazine groups is 1. The molecule has 0 saturated heterocycles. The van der Waals surface area contributed by atoms with Crippen LogP contribution in [0.4, 0.5) is 4.79 Å². The van der Waals surface area contributed by atoms with Crippen LogP contribution < -0.4 is 11.2 Å². The van der Waals surface area contributed by atoms with E-state index in [-0.39, 0.29) is 5.78 Å². The van der Waals surface area contributed by atoms with E-state index in [2.05, 4.69) is 5.32 Å². The van der Waals surface area contributed by atoms with Crippen molar-refractivity contribution in [2.24, 2.45) is 5.84 Å². The van der Waals surface area contributed by atoms with Crippen molar-refractivity contribution in [2.45, 2.75) is 19.9 Å². The van der Waals surface area contributed by atoms with E-state index in [9.17, 15) is 9.59 Å². The quantitative estimate of drug-likeness (QED) is 0.366. The third-order valence-electron chi connectivity index (χ3n) is 2.00. The molecule has 0 fully saturated rings. The first-order valence-electron chi connectivity index (χ1n) is 4.82. The lowest BCUT2D eigenvalue weighted by molar-refractivity contribution is -0.118. The van der Waals surface area contributed by atoms with Crippen molar-refractivity contribution in [3.05, 3.63) is 0 Å². The Bertz CT molecular complexity index is 230. The molecule has 0 aromatic rings. The van der Waals surface area contributed by atoms with Gasteiger partial charge < -0.3 is 10.2 Å². The number of nitrogens with one attached hydrogen (secondary N) is 1. The van der Waals surface area contributed by atoms with E-state index in [4.69, 9.17) is 5.84 Å². The van der Waals surface area contributed by atoms with Crippen LogP contribution >= 0.6 is 0 Å². The highest BCUT2D eigenvalue weighted by atomic mass is 16.2. The lowest BCUT2D eigenvalue weighted by Crippen LogP contribution is -2.51. The molecule has 0 rings (SSSR count). The van der Waals surface area contributed by atoms with E-state index < -0.39 is 12.1 Å². The highest BCUT2D eigenvalue weighted by Gasteiger charge is 2.14. The molecule has 0 spiro atoms. The lowest BCUT2D eigenvalue weighted by Gasteiger charge is -2.21. The number of nitrogens with zero attached hydrogens (tertiary/aromatic N) is 2. The first kappa shape index (κ1) is 13.9. The molecule has 0 bridgehead atoms. The summed E-state index contributed by atoms with van der Waals surface area (Å²) >= 11 is 0. The summed E-state index contributed by atoms with van der Waals surface area (Å²) in [5, 5.41) is 3.57. The molecule has 2 amide bonds. The number of hydrogen-bond donors (Lipinski definition) is 2. The van der Waals surface area contributed by atoms with Crippen LogP contribution in [0.1, 0.15) is 13.8 Å². The number of amides is 2. The fourth-order valence-electron chi connectivity index (χ4n) is 0.779. The summed E-state index contributed by atoms with van der Waals surface area (Å²) in [6.07, 6.45) is 0. The minimum Gasteiger partial charge on any atom is -0.327 e. The molecular formula is C9H20N4O2. The van der Waals surface area contributed by atoms with Crippen molar-refractivity contribution in [3.63, 3.8) is 0 Å². The summed E-state index contributed by atoms with van der Waals surface area (Å²) in [4.78, 5) is 24.2. The van der Waals surface area contributed by atoms with Crippen molar-refractivity contribution in [1.82, 2.24) is 15.2 Å². The highest BCUT2D eigenvalue weighted by molar-refractivity contribution is 5.86. The molecule has 0 aliphatic carbocycles. The second-order valence-corrected chi connectivity index (χ2v) is 3.78. The van der Waals surface area contributed by atoms with Gasteiger partial charge in [-0.1, -0.05) is 0 Å². The van der Waals surface area contributed by atoms with E-state index >= 15 is 0 Å². The number of Topliss-reactive ketones (excluding diaryl/α,β-unsaturated/α-hetero) is 1. The molecule has 0 saturated carbocycles. The average molecular weight is 216 g/mol. The smallest absolute Gasteiger partial charge is 0.327 e. The van der Waals surface area contributed by atoms with Gasteiger partial charge in [0.15, 0.2) is 5.78 Å². The Balaban J connectivity index is 3.94. The standard InChI is InChI=1S/C9H20N4O2/c1-7(8(2)14)11-9(15)13(10)6-5-12(3)4/h7H,5-6,10H2,1-4H3,(H,11,15)/t7-/m0/s1. The summed E-state index contributed by atoms with van der Waals surface area (Å²) in [6.45, 7) is 4.15. The van der Waals surface area contributed by atoms with E-state index in [1.165, 1.54) is 6.92 Å². The molecule has 0 unspecified atom stereocenters. The Hall–Kier alpha value is -1.14.